The van der Waals surface area contributed by atoms with Gasteiger partial charge in [0.25, 0.3) is 0 Å². The fourth-order valence-electron chi connectivity index (χ4n) is 2.06. The molecule has 0 radical (unpaired) electrons. The maximum Gasteiger partial charge on any atom is 0.336 e. The molecule has 94 valence electrons. The zero-order valence-electron chi connectivity index (χ0n) is 10.9. The van der Waals surface area contributed by atoms with Crippen LogP contribution in [-0.2, 0) is 0 Å². The van der Waals surface area contributed by atoms with E-state index in [2.05, 4.69) is 26.1 Å². The molecule has 1 rings (SSSR count). The standard InChI is InChI=1S/C14H21NO2/c1-9(2)8-10(3)15-13-7-5-6-12(11(13)4)14(16)17/h5-7,9-10,15H,8H2,1-4H3,(H,16,17). The highest BCUT2D eigenvalue weighted by Gasteiger charge is 2.12. The second kappa shape index (κ2) is 5.71. The van der Waals surface area contributed by atoms with Gasteiger partial charge in [0.05, 0.1) is 5.56 Å². The van der Waals surface area contributed by atoms with Gasteiger partial charge in [0, 0.05) is 11.7 Å². The summed E-state index contributed by atoms with van der Waals surface area (Å²) in [6.45, 7) is 8.32. The van der Waals surface area contributed by atoms with Crippen LogP contribution in [0.15, 0.2) is 18.2 Å². The summed E-state index contributed by atoms with van der Waals surface area (Å²) in [4.78, 5) is 11.0. The fraction of sp³-hybridized carbons (Fsp3) is 0.500. The summed E-state index contributed by atoms with van der Waals surface area (Å²) in [5.41, 5.74) is 2.08. The van der Waals surface area contributed by atoms with Gasteiger partial charge in [-0.2, -0.15) is 0 Å². The third-order valence-corrected chi connectivity index (χ3v) is 2.79. The number of hydrogen-bond acceptors (Lipinski definition) is 2. The molecule has 0 aliphatic rings. The number of carboxylic acids is 1. The molecule has 0 aromatic heterocycles. The number of aromatic carboxylic acids is 1. The van der Waals surface area contributed by atoms with Gasteiger partial charge < -0.3 is 10.4 Å². The molecule has 1 atom stereocenters. The van der Waals surface area contributed by atoms with Crippen LogP contribution in [-0.4, -0.2) is 17.1 Å². The van der Waals surface area contributed by atoms with Crippen molar-refractivity contribution in [2.75, 3.05) is 5.32 Å². The van der Waals surface area contributed by atoms with Gasteiger partial charge in [-0.05, 0) is 43.9 Å². The number of hydrogen-bond donors (Lipinski definition) is 2. The lowest BCUT2D eigenvalue weighted by atomic mass is 10.0. The molecule has 3 nitrogen and oxygen atoms in total. The molecule has 0 aliphatic heterocycles. The molecule has 1 aromatic rings. The first kappa shape index (κ1) is 13.6. The summed E-state index contributed by atoms with van der Waals surface area (Å²) in [6, 6.07) is 5.69. The number of carbonyl (C=O) groups is 1. The van der Waals surface area contributed by atoms with Crippen molar-refractivity contribution in [2.24, 2.45) is 5.92 Å². The second-order valence-corrected chi connectivity index (χ2v) is 4.96. The largest absolute Gasteiger partial charge is 0.478 e. The van der Waals surface area contributed by atoms with E-state index in [0.29, 0.717) is 17.5 Å². The van der Waals surface area contributed by atoms with Gasteiger partial charge in [-0.15, -0.1) is 0 Å². The van der Waals surface area contributed by atoms with Crippen LogP contribution < -0.4 is 5.32 Å². The Morgan fingerprint density at radius 2 is 2.00 bits per heavy atom. The molecule has 0 aliphatic carbocycles. The van der Waals surface area contributed by atoms with Crippen molar-refractivity contribution in [3.8, 4) is 0 Å². The first-order valence-electron chi connectivity index (χ1n) is 6.01. The van der Waals surface area contributed by atoms with Crippen molar-refractivity contribution in [1.29, 1.82) is 0 Å². The van der Waals surface area contributed by atoms with Crippen LogP contribution in [0.3, 0.4) is 0 Å². The van der Waals surface area contributed by atoms with Crippen molar-refractivity contribution in [3.63, 3.8) is 0 Å². The number of nitrogens with one attached hydrogen (secondary N) is 1. The van der Waals surface area contributed by atoms with Crippen LogP contribution in [0.1, 0.15) is 43.1 Å². The normalized spacial score (nSPS) is 12.5. The van der Waals surface area contributed by atoms with Crippen LogP contribution in [0.4, 0.5) is 5.69 Å². The Bertz CT molecular complexity index is 399. The summed E-state index contributed by atoms with van der Waals surface area (Å²) in [6.07, 6.45) is 1.07. The van der Waals surface area contributed by atoms with Crippen LogP contribution >= 0.6 is 0 Å². The minimum absolute atomic E-state index is 0.345. The van der Waals surface area contributed by atoms with Crippen LogP contribution in [0.2, 0.25) is 0 Å². The molecule has 0 saturated carbocycles. The molecule has 0 heterocycles. The van der Waals surface area contributed by atoms with E-state index in [4.69, 9.17) is 5.11 Å². The van der Waals surface area contributed by atoms with Crippen molar-refractivity contribution in [3.05, 3.63) is 29.3 Å². The predicted octanol–water partition coefficient (Wildman–Crippen LogP) is 3.54. The Balaban J connectivity index is 2.85. The zero-order valence-corrected chi connectivity index (χ0v) is 10.9. The first-order valence-corrected chi connectivity index (χ1v) is 6.01. The van der Waals surface area contributed by atoms with E-state index < -0.39 is 5.97 Å². The Morgan fingerprint density at radius 1 is 1.35 bits per heavy atom. The monoisotopic (exact) mass is 235 g/mol. The van der Waals surface area contributed by atoms with Gasteiger partial charge in [-0.1, -0.05) is 19.9 Å². The quantitative estimate of drug-likeness (QED) is 0.820. The Hall–Kier alpha value is -1.51. The van der Waals surface area contributed by atoms with Gasteiger partial charge >= 0.3 is 5.97 Å². The van der Waals surface area contributed by atoms with E-state index in [1.165, 1.54) is 0 Å². The molecule has 0 saturated heterocycles. The molecule has 0 fully saturated rings. The Morgan fingerprint density at radius 3 is 2.53 bits per heavy atom. The molecular weight excluding hydrogens is 214 g/mol. The lowest BCUT2D eigenvalue weighted by molar-refractivity contribution is 0.0696. The molecule has 17 heavy (non-hydrogen) atoms. The molecule has 3 heteroatoms. The van der Waals surface area contributed by atoms with E-state index in [1.807, 2.05) is 13.0 Å². The molecule has 2 N–H and O–H groups in total. The number of anilines is 1. The van der Waals surface area contributed by atoms with E-state index in [9.17, 15) is 4.79 Å². The average molecular weight is 235 g/mol. The number of rotatable bonds is 5. The zero-order chi connectivity index (χ0) is 13.0. The van der Waals surface area contributed by atoms with Crippen LogP contribution in [0.5, 0.6) is 0 Å². The van der Waals surface area contributed by atoms with Crippen molar-refractivity contribution in [2.45, 2.75) is 40.2 Å². The highest BCUT2D eigenvalue weighted by Crippen LogP contribution is 2.21. The van der Waals surface area contributed by atoms with Crippen LogP contribution in [0.25, 0.3) is 0 Å². The van der Waals surface area contributed by atoms with Gasteiger partial charge in [0.1, 0.15) is 0 Å². The SMILES string of the molecule is Cc1c(NC(C)CC(C)C)cccc1C(=O)O. The van der Waals surface area contributed by atoms with Crippen molar-refractivity contribution >= 4 is 11.7 Å². The highest BCUT2D eigenvalue weighted by molar-refractivity contribution is 5.91. The molecule has 1 aromatic carbocycles. The average Bonchev–Trinajstić information content (AvgIpc) is 2.19. The van der Waals surface area contributed by atoms with E-state index in [0.717, 1.165) is 17.7 Å². The Kier molecular flexibility index (Phi) is 4.55. The summed E-state index contributed by atoms with van der Waals surface area (Å²) >= 11 is 0. The minimum Gasteiger partial charge on any atom is -0.478 e. The third kappa shape index (κ3) is 3.77. The summed E-state index contributed by atoms with van der Waals surface area (Å²) < 4.78 is 0. The molecule has 0 spiro atoms. The predicted molar refractivity (Wildman–Crippen MR) is 70.7 cm³/mol. The molecule has 1 unspecified atom stereocenters. The van der Waals surface area contributed by atoms with Crippen molar-refractivity contribution < 1.29 is 9.90 Å². The minimum atomic E-state index is -0.873. The van der Waals surface area contributed by atoms with Crippen LogP contribution in [0, 0.1) is 12.8 Å². The maximum atomic E-state index is 11.0. The summed E-state index contributed by atoms with van der Waals surface area (Å²) in [5, 5.41) is 12.4. The lowest BCUT2D eigenvalue weighted by Gasteiger charge is -2.19. The molecule has 0 amide bonds. The van der Waals surface area contributed by atoms with E-state index in [-0.39, 0.29) is 0 Å². The van der Waals surface area contributed by atoms with Gasteiger partial charge in [-0.3, -0.25) is 0 Å². The molecular formula is C14H21NO2. The number of carboxylic acid groups (broad SMARTS) is 1. The summed E-state index contributed by atoms with van der Waals surface area (Å²) in [5.74, 6) is -0.247. The van der Waals surface area contributed by atoms with Gasteiger partial charge in [-0.25, -0.2) is 4.79 Å². The van der Waals surface area contributed by atoms with Gasteiger partial charge in [0.2, 0.25) is 0 Å². The first-order chi connectivity index (χ1) is 7.91. The van der Waals surface area contributed by atoms with Gasteiger partial charge in [0.15, 0.2) is 0 Å². The molecule has 0 bridgehead atoms. The Labute approximate surface area is 103 Å². The highest BCUT2D eigenvalue weighted by atomic mass is 16.4. The third-order valence-electron chi connectivity index (χ3n) is 2.79. The van der Waals surface area contributed by atoms with Crippen molar-refractivity contribution in [1.82, 2.24) is 0 Å². The summed E-state index contributed by atoms with van der Waals surface area (Å²) in [7, 11) is 0. The number of benzene rings is 1. The van der Waals surface area contributed by atoms with E-state index in [1.54, 1.807) is 12.1 Å². The second-order valence-electron chi connectivity index (χ2n) is 4.96. The smallest absolute Gasteiger partial charge is 0.336 e. The lowest BCUT2D eigenvalue weighted by Crippen LogP contribution is -2.18. The van der Waals surface area contributed by atoms with E-state index >= 15 is 0 Å². The fourth-order valence-corrected chi connectivity index (χ4v) is 2.06. The maximum absolute atomic E-state index is 11.0. The topological polar surface area (TPSA) is 49.3 Å².